The molecule has 0 spiro atoms. The average Bonchev–Trinajstić information content (AvgIpc) is 2.74. The normalized spacial score (nSPS) is 10.8. The Morgan fingerprint density at radius 2 is 1.65 bits per heavy atom. The van der Waals surface area contributed by atoms with Crippen LogP contribution in [0, 0.1) is 5.82 Å². The number of benzene rings is 2. The predicted octanol–water partition coefficient (Wildman–Crippen LogP) is 9.40. The van der Waals surface area contributed by atoms with Crippen molar-refractivity contribution in [3.8, 4) is 5.75 Å². The molecule has 0 saturated heterocycles. The number of rotatable bonds is 6. The molecule has 0 amide bonds. The molecule has 31 heavy (non-hydrogen) atoms. The first-order valence-electron chi connectivity index (χ1n) is 9.93. The zero-order valence-corrected chi connectivity index (χ0v) is 21.0. The largest absolute Gasteiger partial charge is 0.489 e. The molecule has 0 aliphatic heterocycles. The lowest BCUT2D eigenvalue weighted by Gasteiger charge is -2.08. The minimum atomic E-state index is -0.241. The summed E-state index contributed by atoms with van der Waals surface area (Å²) in [4.78, 5) is 1.19. The summed E-state index contributed by atoms with van der Waals surface area (Å²) in [5.74, 6) is 0.456. The Labute approximate surface area is 197 Å². The minimum Gasteiger partial charge on any atom is -0.489 e. The van der Waals surface area contributed by atoms with Gasteiger partial charge in [0, 0.05) is 9.92 Å². The molecule has 0 fully saturated rings. The zero-order chi connectivity index (χ0) is 23.8. The van der Waals surface area contributed by atoms with Crippen molar-refractivity contribution in [3.05, 3.63) is 101 Å². The SMILES string of the molecule is C/C=C(\C)COc1ccc(F)cc1.C=C(C)C.C=C/C(=C\C)c1ccc(Cl)cc1SC. The lowest BCUT2D eigenvalue weighted by atomic mass is 10.1. The Balaban J connectivity index is 0.000000497. The minimum absolute atomic E-state index is 0.241. The summed E-state index contributed by atoms with van der Waals surface area (Å²) in [6, 6.07) is 11.9. The molecule has 168 valence electrons. The Hall–Kier alpha value is -2.23. The number of thioether (sulfide) groups is 1. The summed E-state index contributed by atoms with van der Waals surface area (Å²) in [5.41, 5.74) is 4.66. The fourth-order valence-electron chi connectivity index (χ4n) is 2.10. The third-order valence-electron chi connectivity index (χ3n) is 3.78. The molecule has 0 atom stereocenters. The van der Waals surface area contributed by atoms with Gasteiger partial charge in [0.05, 0.1) is 0 Å². The molecule has 2 aromatic carbocycles. The first kappa shape index (κ1) is 28.8. The van der Waals surface area contributed by atoms with E-state index in [-0.39, 0.29) is 5.82 Å². The highest BCUT2D eigenvalue weighted by Crippen LogP contribution is 2.29. The van der Waals surface area contributed by atoms with Crippen LogP contribution in [0.25, 0.3) is 5.57 Å². The summed E-state index contributed by atoms with van der Waals surface area (Å²) < 4.78 is 17.9. The Morgan fingerprint density at radius 3 is 2.10 bits per heavy atom. The van der Waals surface area contributed by atoms with E-state index in [0.29, 0.717) is 12.4 Å². The van der Waals surface area contributed by atoms with Gasteiger partial charge in [-0.2, -0.15) is 0 Å². The van der Waals surface area contributed by atoms with Crippen LogP contribution in [0.15, 0.2) is 89.9 Å². The second-order valence-corrected chi connectivity index (χ2v) is 8.16. The van der Waals surface area contributed by atoms with Crippen LogP contribution >= 0.6 is 23.4 Å². The van der Waals surface area contributed by atoms with Gasteiger partial charge in [-0.3, -0.25) is 0 Å². The molecule has 0 N–H and O–H groups in total. The summed E-state index contributed by atoms with van der Waals surface area (Å²) in [6.07, 6.45) is 7.95. The highest BCUT2D eigenvalue weighted by atomic mass is 35.5. The van der Waals surface area contributed by atoms with E-state index >= 15 is 0 Å². The summed E-state index contributed by atoms with van der Waals surface area (Å²) in [5, 5.41) is 0.776. The molecule has 0 aliphatic carbocycles. The van der Waals surface area contributed by atoms with Gasteiger partial charge in [0.2, 0.25) is 0 Å². The molecule has 0 radical (unpaired) electrons. The van der Waals surface area contributed by atoms with Gasteiger partial charge in [0.1, 0.15) is 18.2 Å². The van der Waals surface area contributed by atoms with Crippen LogP contribution in [-0.4, -0.2) is 12.9 Å². The van der Waals surface area contributed by atoms with Crippen molar-refractivity contribution in [3.63, 3.8) is 0 Å². The molecular weight excluding hydrogens is 427 g/mol. The zero-order valence-electron chi connectivity index (χ0n) is 19.5. The number of ether oxygens (including phenoxy) is 1. The van der Waals surface area contributed by atoms with Gasteiger partial charge in [-0.05, 0) is 94.0 Å². The van der Waals surface area contributed by atoms with E-state index in [4.69, 9.17) is 16.3 Å². The fourth-order valence-corrected chi connectivity index (χ4v) is 2.99. The van der Waals surface area contributed by atoms with Crippen molar-refractivity contribution in [2.24, 2.45) is 0 Å². The van der Waals surface area contributed by atoms with E-state index < -0.39 is 0 Å². The third-order valence-corrected chi connectivity index (χ3v) is 4.79. The van der Waals surface area contributed by atoms with E-state index in [1.165, 1.54) is 28.2 Å². The fraction of sp³-hybridized carbons (Fsp3) is 0.259. The molecule has 0 unspecified atom stereocenters. The second kappa shape index (κ2) is 16.5. The topological polar surface area (TPSA) is 9.23 Å². The predicted molar refractivity (Wildman–Crippen MR) is 139 cm³/mol. The number of allylic oxidation sites excluding steroid dienone is 5. The van der Waals surface area contributed by atoms with Crippen molar-refractivity contribution in [1.82, 2.24) is 0 Å². The lowest BCUT2D eigenvalue weighted by molar-refractivity contribution is 0.351. The van der Waals surface area contributed by atoms with Crippen LogP contribution in [0.5, 0.6) is 5.75 Å². The monoisotopic (exact) mass is 460 g/mol. The maximum atomic E-state index is 12.5. The van der Waals surface area contributed by atoms with Crippen LogP contribution in [0.1, 0.15) is 40.2 Å². The second-order valence-electron chi connectivity index (χ2n) is 6.88. The Bertz CT molecular complexity index is 879. The van der Waals surface area contributed by atoms with Gasteiger partial charge in [0.15, 0.2) is 0 Å². The number of hydrogen-bond acceptors (Lipinski definition) is 2. The molecule has 4 heteroatoms. The van der Waals surface area contributed by atoms with Crippen molar-refractivity contribution >= 4 is 28.9 Å². The molecule has 2 aromatic rings. The highest BCUT2D eigenvalue weighted by Gasteiger charge is 2.04. The molecule has 0 bridgehead atoms. The molecule has 0 aliphatic rings. The molecule has 1 nitrogen and oxygen atoms in total. The third kappa shape index (κ3) is 12.9. The maximum Gasteiger partial charge on any atom is 0.123 e. The lowest BCUT2D eigenvalue weighted by Crippen LogP contribution is -1.97. The first-order valence-corrected chi connectivity index (χ1v) is 11.5. The smallest absolute Gasteiger partial charge is 0.123 e. The van der Waals surface area contributed by atoms with Gasteiger partial charge in [-0.25, -0.2) is 4.39 Å². The van der Waals surface area contributed by atoms with E-state index in [9.17, 15) is 4.39 Å². The molecule has 0 aromatic heterocycles. The van der Waals surface area contributed by atoms with Crippen LogP contribution in [-0.2, 0) is 0 Å². The van der Waals surface area contributed by atoms with Gasteiger partial charge < -0.3 is 4.74 Å². The first-order chi connectivity index (χ1) is 14.7. The van der Waals surface area contributed by atoms with Crippen molar-refractivity contribution in [2.75, 3.05) is 12.9 Å². The standard InChI is InChI=1S/C12H13ClS.C11H13FO.C4H8/c1-4-9(5-2)11-7-6-10(13)8-12(11)14-3;1-3-9(2)8-13-11-6-4-10(12)5-7-11;1-4(2)3/h4-8H,1H2,2-3H3;3-7H,8H2,1-2H3;1H2,2-3H3/b9-5+;9-3+;. The van der Waals surface area contributed by atoms with E-state index in [1.54, 1.807) is 23.9 Å². The highest BCUT2D eigenvalue weighted by molar-refractivity contribution is 7.98. The molecule has 0 heterocycles. The maximum absolute atomic E-state index is 12.5. The van der Waals surface area contributed by atoms with E-state index in [0.717, 1.165) is 16.2 Å². The average molecular weight is 461 g/mol. The van der Waals surface area contributed by atoms with Crippen molar-refractivity contribution in [1.29, 1.82) is 0 Å². The quantitative estimate of drug-likeness (QED) is 0.241. The summed E-state index contributed by atoms with van der Waals surface area (Å²) in [7, 11) is 0. The molecule has 2 rings (SSSR count). The summed E-state index contributed by atoms with van der Waals surface area (Å²) >= 11 is 7.62. The number of hydrogen-bond donors (Lipinski definition) is 0. The van der Waals surface area contributed by atoms with Gasteiger partial charge >= 0.3 is 0 Å². The van der Waals surface area contributed by atoms with Crippen molar-refractivity contribution < 1.29 is 9.13 Å². The number of halogens is 2. The van der Waals surface area contributed by atoms with Gasteiger partial charge in [-0.1, -0.05) is 48.0 Å². The molecular formula is C27H34ClFOS. The van der Waals surface area contributed by atoms with Gasteiger partial charge in [0.25, 0.3) is 0 Å². The van der Waals surface area contributed by atoms with E-state index in [2.05, 4.69) is 19.2 Å². The van der Waals surface area contributed by atoms with Crippen LogP contribution in [0.2, 0.25) is 5.02 Å². The van der Waals surface area contributed by atoms with Crippen LogP contribution in [0.3, 0.4) is 0 Å². The van der Waals surface area contributed by atoms with E-state index in [1.807, 2.05) is 71.2 Å². The summed E-state index contributed by atoms with van der Waals surface area (Å²) in [6.45, 7) is 17.8. The van der Waals surface area contributed by atoms with Crippen molar-refractivity contribution in [2.45, 2.75) is 39.5 Å². The Kier molecular flexibility index (Phi) is 15.3. The van der Waals surface area contributed by atoms with Crippen LogP contribution < -0.4 is 4.74 Å². The van der Waals surface area contributed by atoms with Gasteiger partial charge in [-0.15, -0.1) is 18.3 Å². The Morgan fingerprint density at radius 1 is 1.06 bits per heavy atom. The molecule has 0 saturated carbocycles. The van der Waals surface area contributed by atoms with Crippen LogP contribution in [0.4, 0.5) is 4.39 Å².